The van der Waals surface area contributed by atoms with Gasteiger partial charge in [0.05, 0.1) is 25.2 Å². The Morgan fingerprint density at radius 2 is 1.53 bits per heavy atom. The lowest BCUT2D eigenvalue weighted by atomic mass is 9.91. The molecule has 3 aromatic rings. The van der Waals surface area contributed by atoms with Crippen LogP contribution in [0.4, 0.5) is 8.78 Å². The molecule has 3 aliphatic rings. The van der Waals surface area contributed by atoms with Crippen LogP contribution in [-0.2, 0) is 38.5 Å². The SMILES string of the molecule is CC(C)CC(=O)SCCOP(=O)(OCCSC(=O)CC(C)C)C(F)(F)c1ccc2ccc(C(=O)N[C@H]3CCCC[C@H]4CC[C@@H](C(=O)N5C[C@@H](C#N)[C@H](c6cc[nH]c(=O)c6)C5)N4C3=O)cc2c1. The zero-order valence-electron chi connectivity index (χ0n) is 37.7. The van der Waals surface area contributed by atoms with E-state index >= 15 is 8.78 Å². The Kier molecular flexibility index (Phi) is 17.5. The third kappa shape index (κ3) is 12.4. The largest absolute Gasteiger partial charge is 0.404 e. The number of nitrogens with zero attached hydrogens (tertiary/aromatic N) is 3. The van der Waals surface area contributed by atoms with Crippen molar-refractivity contribution in [1.82, 2.24) is 20.1 Å². The Balaban J connectivity index is 1.17. The van der Waals surface area contributed by atoms with Gasteiger partial charge >= 0.3 is 13.3 Å². The molecule has 0 unspecified atom stereocenters. The highest BCUT2D eigenvalue weighted by Crippen LogP contribution is 2.67. The second-order valence-electron chi connectivity index (χ2n) is 18.0. The van der Waals surface area contributed by atoms with E-state index in [4.69, 9.17) is 9.05 Å². The fourth-order valence-corrected chi connectivity index (χ4v) is 12.3. The minimum absolute atomic E-state index is 0.0355. The molecule has 14 nitrogen and oxygen atoms in total. The maximum atomic E-state index is 16.5. The van der Waals surface area contributed by atoms with E-state index in [0.717, 1.165) is 42.1 Å². The molecule has 0 aliphatic carbocycles. The topological polar surface area (TPSA) is 196 Å². The van der Waals surface area contributed by atoms with E-state index in [-0.39, 0.29) is 93.9 Å². The smallest absolute Gasteiger partial charge is 0.340 e. The summed E-state index contributed by atoms with van der Waals surface area (Å²) in [6.07, 6.45) is 5.51. The number of nitrogens with one attached hydrogen (secondary N) is 2. The molecule has 0 spiro atoms. The van der Waals surface area contributed by atoms with E-state index in [0.29, 0.717) is 43.1 Å². The fraction of sp³-hybridized carbons (Fsp3) is 0.553. The maximum absolute atomic E-state index is 16.5. The van der Waals surface area contributed by atoms with Crippen molar-refractivity contribution in [1.29, 1.82) is 5.26 Å². The first-order valence-corrected chi connectivity index (χ1v) is 26.0. The van der Waals surface area contributed by atoms with Gasteiger partial charge in [-0.3, -0.25) is 33.3 Å². The molecule has 5 atom stereocenters. The number of carbonyl (C=O) groups is 5. The van der Waals surface area contributed by atoms with E-state index in [1.54, 1.807) is 21.9 Å². The van der Waals surface area contributed by atoms with Gasteiger partial charge in [-0.05, 0) is 78.1 Å². The average Bonchev–Trinajstić information content (AvgIpc) is 3.90. The van der Waals surface area contributed by atoms with E-state index < -0.39 is 61.9 Å². The van der Waals surface area contributed by atoms with Crippen LogP contribution in [0, 0.1) is 29.1 Å². The minimum Gasteiger partial charge on any atom is -0.340 e. The molecule has 66 heavy (non-hydrogen) atoms. The fourth-order valence-electron chi connectivity index (χ4n) is 8.85. The lowest BCUT2D eigenvalue weighted by molar-refractivity contribution is -0.146. The van der Waals surface area contributed by atoms with Crippen LogP contribution in [0.2, 0.25) is 0 Å². The Bertz CT molecular complexity index is 2400. The number of halogens is 2. The molecule has 0 saturated carbocycles. The van der Waals surface area contributed by atoms with Gasteiger partial charge in [-0.25, -0.2) is 0 Å². The molecule has 3 fully saturated rings. The van der Waals surface area contributed by atoms with E-state index in [9.17, 15) is 38.6 Å². The summed E-state index contributed by atoms with van der Waals surface area (Å²) in [7, 11) is -5.28. The standard InChI is InChI=1S/C47H58F2N5O9PS2/c1-29(2)21-42(56)65-19-17-62-64(61,63-18-20-66-43(57)22-30(3)4)47(48,49)36-12-11-31-9-10-33(23-34(31)24-36)44(58)52-39-8-6-5-7-37-13-14-40(54(37)45(39)59)46(60)53-27-35(26-50)38(28-53)32-15-16-51-41(55)25-32/h9-12,15-16,23-25,29-30,35,37-40H,5-8,13-14,17-22,27-28H2,1-4H3,(H,51,55)(H,52,58)/t35-,37+,38+,39+,40+/m1/s1. The number of amides is 3. The van der Waals surface area contributed by atoms with Crippen molar-refractivity contribution in [3.05, 3.63) is 81.8 Å². The Labute approximate surface area is 392 Å². The summed E-state index contributed by atoms with van der Waals surface area (Å²) in [6.45, 7) is 6.94. The summed E-state index contributed by atoms with van der Waals surface area (Å²) in [5, 5.41) is 13.2. The van der Waals surface area contributed by atoms with Gasteiger partial charge in [-0.15, -0.1) is 0 Å². The van der Waals surface area contributed by atoms with Crippen LogP contribution in [0.25, 0.3) is 10.8 Å². The molecule has 2 N–H and O–H groups in total. The molecule has 1 aromatic heterocycles. The van der Waals surface area contributed by atoms with Crippen LogP contribution in [0.3, 0.4) is 0 Å². The highest BCUT2D eigenvalue weighted by molar-refractivity contribution is 8.13. The summed E-state index contributed by atoms with van der Waals surface area (Å²) in [6, 6.07) is 11.5. The van der Waals surface area contributed by atoms with Crippen molar-refractivity contribution in [3.63, 3.8) is 0 Å². The normalized spacial score (nSPS) is 21.4. The van der Waals surface area contributed by atoms with Gasteiger partial charge in [0.2, 0.25) is 17.4 Å². The average molecular weight is 970 g/mol. The first kappa shape index (κ1) is 51.0. The number of aromatic nitrogens is 1. The third-order valence-electron chi connectivity index (χ3n) is 12.1. The van der Waals surface area contributed by atoms with Gasteiger partial charge in [0.1, 0.15) is 12.1 Å². The van der Waals surface area contributed by atoms with Crippen LogP contribution >= 0.6 is 31.1 Å². The van der Waals surface area contributed by atoms with E-state index in [1.165, 1.54) is 30.5 Å². The Hall–Kier alpha value is -4.40. The number of likely N-dealkylation sites (tertiary alicyclic amines) is 1. The second kappa shape index (κ2) is 22.6. The van der Waals surface area contributed by atoms with Crippen LogP contribution < -0.4 is 10.9 Å². The van der Waals surface area contributed by atoms with Crippen molar-refractivity contribution < 1.29 is 46.4 Å². The van der Waals surface area contributed by atoms with Gasteiger partial charge < -0.3 is 29.1 Å². The van der Waals surface area contributed by atoms with Gasteiger partial charge in [-0.1, -0.05) is 82.3 Å². The molecule has 0 radical (unpaired) electrons. The van der Waals surface area contributed by atoms with Crippen LogP contribution in [0.15, 0.2) is 59.5 Å². The summed E-state index contributed by atoms with van der Waals surface area (Å²) < 4.78 is 57.9. The van der Waals surface area contributed by atoms with Crippen molar-refractivity contribution in [2.24, 2.45) is 17.8 Å². The highest BCUT2D eigenvalue weighted by Gasteiger charge is 2.55. The van der Waals surface area contributed by atoms with Crippen molar-refractivity contribution in [2.75, 3.05) is 37.8 Å². The monoisotopic (exact) mass is 969 g/mol. The number of carbonyl (C=O) groups excluding carboxylic acids is 5. The molecule has 3 aliphatic heterocycles. The predicted octanol–water partition coefficient (Wildman–Crippen LogP) is 8.21. The van der Waals surface area contributed by atoms with Crippen LogP contribution in [0.5, 0.6) is 0 Å². The zero-order valence-corrected chi connectivity index (χ0v) is 40.2. The molecular weight excluding hydrogens is 912 g/mol. The van der Waals surface area contributed by atoms with Crippen LogP contribution in [-0.4, -0.2) is 98.7 Å². The van der Waals surface area contributed by atoms with E-state index in [1.807, 2.05) is 27.7 Å². The summed E-state index contributed by atoms with van der Waals surface area (Å²) in [5.41, 5.74) is -4.45. The number of hydrogen-bond donors (Lipinski definition) is 2. The quantitative estimate of drug-likeness (QED) is 0.0917. The predicted molar refractivity (Wildman–Crippen MR) is 250 cm³/mol. The molecule has 0 bridgehead atoms. The Morgan fingerprint density at radius 3 is 2.17 bits per heavy atom. The highest BCUT2D eigenvalue weighted by atomic mass is 32.2. The number of thioether (sulfide) groups is 2. The van der Waals surface area contributed by atoms with Crippen LogP contribution in [0.1, 0.15) is 106 Å². The number of rotatable bonds is 18. The summed E-state index contributed by atoms with van der Waals surface area (Å²) in [4.78, 5) is 84.8. The molecule has 2 aromatic carbocycles. The minimum atomic E-state index is -5.28. The second-order valence-corrected chi connectivity index (χ2v) is 22.4. The Morgan fingerprint density at radius 1 is 0.879 bits per heavy atom. The number of H-pyrrole nitrogens is 1. The first-order chi connectivity index (χ1) is 31.4. The lowest BCUT2D eigenvalue weighted by Crippen LogP contribution is -2.56. The number of fused-ring (bicyclic) bond motifs is 2. The van der Waals surface area contributed by atoms with Gasteiger partial charge in [0.25, 0.3) is 5.91 Å². The number of aromatic amines is 1. The molecule has 6 rings (SSSR count). The summed E-state index contributed by atoms with van der Waals surface area (Å²) in [5.74, 6) is -2.09. The summed E-state index contributed by atoms with van der Waals surface area (Å²) >= 11 is 1.78. The molecular formula is C47H58F2N5O9PS2. The van der Waals surface area contributed by atoms with Gasteiger partial charge in [-0.2, -0.15) is 14.0 Å². The number of benzene rings is 2. The molecule has 4 heterocycles. The molecule has 3 saturated heterocycles. The van der Waals surface area contributed by atoms with Crippen molar-refractivity contribution in [2.45, 2.75) is 109 Å². The number of alkyl halides is 2. The number of pyridine rings is 1. The van der Waals surface area contributed by atoms with E-state index in [2.05, 4.69) is 16.4 Å². The van der Waals surface area contributed by atoms with Crippen molar-refractivity contribution in [3.8, 4) is 6.07 Å². The zero-order chi connectivity index (χ0) is 47.8. The maximum Gasteiger partial charge on any atom is 0.404 e. The van der Waals surface area contributed by atoms with Gasteiger partial charge in [0.15, 0.2) is 10.2 Å². The molecule has 19 heteroatoms. The first-order valence-electron chi connectivity index (χ1n) is 22.5. The van der Waals surface area contributed by atoms with Crippen molar-refractivity contribution >= 4 is 69.8 Å². The molecule has 356 valence electrons. The van der Waals surface area contributed by atoms with Gasteiger partial charge in [0, 0.05) is 72.8 Å². The molecule has 3 amide bonds. The third-order valence-corrected chi connectivity index (χ3v) is 15.8. The number of nitriles is 1. The lowest BCUT2D eigenvalue weighted by Gasteiger charge is -2.36. The number of hydrogen-bond acceptors (Lipinski definition) is 12.